The molecule has 2 unspecified atom stereocenters. The van der Waals surface area contributed by atoms with E-state index in [-0.39, 0.29) is 10.8 Å². The molecule has 0 aromatic heterocycles. The SMILES string of the molecule is CC1(C)c2ccccc2N(C2=CC3c4ccc5c(N6c7ccccc7C(C)(C)c7ccccc76)cccc5c4[Si-](C)(C)C3C=C2)c2ccccc21. The van der Waals surface area contributed by atoms with E-state index in [0.29, 0.717) is 11.5 Å². The van der Waals surface area contributed by atoms with Crippen LogP contribution in [-0.4, -0.2) is 8.07 Å². The molecule has 3 heteroatoms. The Morgan fingerprint density at radius 2 is 0.961 bits per heavy atom. The fourth-order valence-electron chi connectivity index (χ4n) is 10.4. The lowest BCUT2D eigenvalue weighted by atomic mass is 9.73. The van der Waals surface area contributed by atoms with Gasteiger partial charge in [0.25, 0.3) is 0 Å². The summed E-state index contributed by atoms with van der Waals surface area (Å²) < 4.78 is 0. The number of para-hydroxylation sites is 4. The normalized spacial score (nSPS) is 21.2. The maximum absolute atomic E-state index is 2.60. The molecule has 0 bridgehead atoms. The first-order valence-electron chi connectivity index (χ1n) is 18.5. The number of fused-ring (bicyclic) bond motifs is 9. The third kappa shape index (κ3) is 4.04. The summed E-state index contributed by atoms with van der Waals surface area (Å²) >= 11 is 0. The molecule has 1 aliphatic carbocycles. The van der Waals surface area contributed by atoms with Crippen LogP contribution in [0, 0.1) is 0 Å². The predicted molar refractivity (Wildman–Crippen MR) is 219 cm³/mol. The molecule has 0 saturated heterocycles. The van der Waals surface area contributed by atoms with Gasteiger partial charge in [-0.15, -0.1) is 19.7 Å². The quantitative estimate of drug-likeness (QED) is 0.168. The van der Waals surface area contributed by atoms with Gasteiger partial charge in [-0.3, -0.25) is 0 Å². The van der Waals surface area contributed by atoms with Crippen molar-refractivity contribution in [2.75, 3.05) is 9.80 Å². The van der Waals surface area contributed by atoms with E-state index in [4.69, 9.17) is 0 Å². The van der Waals surface area contributed by atoms with Gasteiger partial charge in [-0.25, -0.2) is 0 Å². The Labute approximate surface area is 303 Å². The lowest BCUT2D eigenvalue weighted by molar-refractivity contribution is 0.630. The van der Waals surface area contributed by atoms with Gasteiger partial charge in [0.2, 0.25) is 0 Å². The minimum absolute atomic E-state index is 0.0677. The highest BCUT2D eigenvalue weighted by atomic mass is 28.3. The molecule has 0 amide bonds. The highest BCUT2D eigenvalue weighted by Crippen LogP contribution is 2.56. The number of anilines is 5. The van der Waals surface area contributed by atoms with Crippen molar-refractivity contribution in [1.29, 1.82) is 0 Å². The van der Waals surface area contributed by atoms with Crippen molar-refractivity contribution in [2.24, 2.45) is 0 Å². The number of hydrogen-bond acceptors (Lipinski definition) is 2. The molecular formula is C48H44N2Si-. The second kappa shape index (κ2) is 10.5. The first-order valence-corrected chi connectivity index (χ1v) is 21.6. The molecule has 6 aromatic carbocycles. The fourth-order valence-corrected chi connectivity index (χ4v) is 14.4. The fraction of sp³-hybridized carbons (Fsp3) is 0.208. The van der Waals surface area contributed by atoms with E-state index in [1.54, 1.807) is 5.19 Å². The Bertz CT molecular complexity index is 2400. The van der Waals surface area contributed by atoms with Gasteiger partial charge in [-0.1, -0.05) is 136 Å². The van der Waals surface area contributed by atoms with Crippen molar-refractivity contribution < 1.29 is 0 Å². The summed E-state index contributed by atoms with van der Waals surface area (Å²) in [6.45, 7) is 14.7. The highest BCUT2D eigenvalue weighted by molar-refractivity contribution is 6.94. The first kappa shape index (κ1) is 30.7. The van der Waals surface area contributed by atoms with Crippen molar-refractivity contribution >= 4 is 52.5 Å². The standard InChI is InChI=1S/C48H44N2Si/c1-47(2)36-17-7-11-21-41(36)49(42-22-12-8-18-37(42)47)31-26-29-45-35(30-31)34-28-27-32-33(46(34)51(45,5)6)16-15-25-40(32)50-43-23-13-9-19-38(43)48(3,4)39-20-10-14-24-44(39)50/h7-30,35,45H,1-6H3/q-1. The third-order valence-corrected chi connectivity index (χ3v) is 17.0. The molecule has 10 rings (SSSR count). The average Bonchev–Trinajstić information content (AvgIpc) is 3.38. The van der Waals surface area contributed by atoms with E-state index >= 15 is 0 Å². The van der Waals surface area contributed by atoms with Gasteiger partial charge in [0.15, 0.2) is 0 Å². The number of allylic oxidation sites excluding steroid dienone is 3. The van der Waals surface area contributed by atoms with Crippen LogP contribution in [-0.2, 0) is 10.8 Å². The zero-order valence-electron chi connectivity index (χ0n) is 30.4. The van der Waals surface area contributed by atoms with E-state index in [0.717, 1.165) is 0 Å². The molecule has 51 heavy (non-hydrogen) atoms. The molecule has 6 aromatic rings. The van der Waals surface area contributed by atoms with Crippen molar-refractivity contribution in [3.8, 4) is 0 Å². The minimum atomic E-state index is -1.94. The third-order valence-electron chi connectivity index (χ3n) is 12.9. The van der Waals surface area contributed by atoms with E-state index in [1.807, 2.05) is 0 Å². The van der Waals surface area contributed by atoms with E-state index < -0.39 is 8.07 Å². The molecule has 0 saturated carbocycles. The molecule has 4 aliphatic rings. The Hall–Kier alpha value is -5.12. The van der Waals surface area contributed by atoms with Crippen molar-refractivity contribution in [3.05, 3.63) is 179 Å². The summed E-state index contributed by atoms with van der Waals surface area (Å²) in [5, 5.41) is 4.39. The molecule has 0 radical (unpaired) electrons. The van der Waals surface area contributed by atoms with Crippen LogP contribution in [0.2, 0.25) is 18.6 Å². The van der Waals surface area contributed by atoms with Crippen LogP contribution in [0.5, 0.6) is 0 Å². The van der Waals surface area contributed by atoms with Crippen molar-refractivity contribution in [1.82, 2.24) is 0 Å². The molecule has 0 fully saturated rings. The lowest BCUT2D eigenvalue weighted by Gasteiger charge is -2.44. The molecule has 2 atom stereocenters. The molecule has 3 heterocycles. The van der Waals surface area contributed by atoms with E-state index in [1.165, 1.54) is 72.7 Å². The molecule has 2 nitrogen and oxygen atoms in total. The van der Waals surface area contributed by atoms with Crippen LogP contribution in [0.4, 0.5) is 28.4 Å². The highest BCUT2D eigenvalue weighted by Gasteiger charge is 2.42. The summed E-state index contributed by atoms with van der Waals surface area (Å²) in [4.78, 5) is 5.06. The smallest absolute Gasteiger partial charge is 0.0539 e. The predicted octanol–water partition coefficient (Wildman–Crippen LogP) is 12.3. The second-order valence-electron chi connectivity index (χ2n) is 16.6. The Morgan fingerprint density at radius 3 is 1.49 bits per heavy atom. The Balaban J connectivity index is 1.14. The van der Waals surface area contributed by atoms with Crippen LogP contribution in [0.3, 0.4) is 0 Å². The zero-order chi connectivity index (χ0) is 34.9. The van der Waals surface area contributed by atoms with Crippen LogP contribution in [0.25, 0.3) is 10.8 Å². The lowest BCUT2D eigenvalue weighted by Crippen LogP contribution is -2.42. The molecule has 251 valence electrons. The Morgan fingerprint density at radius 1 is 0.490 bits per heavy atom. The van der Waals surface area contributed by atoms with Gasteiger partial charge in [-0.05, 0) is 70.0 Å². The first-order chi connectivity index (χ1) is 24.6. The Kier molecular flexibility index (Phi) is 6.29. The number of hydrogen-bond donors (Lipinski definition) is 0. The van der Waals surface area contributed by atoms with Gasteiger partial charge < -0.3 is 9.80 Å². The summed E-state index contributed by atoms with van der Waals surface area (Å²) in [7, 11) is -1.94. The van der Waals surface area contributed by atoms with Crippen molar-refractivity contribution in [3.63, 3.8) is 0 Å². The summed E-state index contributed by atoms with van der Waals surface area (Å²) in [6.07, 6.45) is 7.61. The molecule has 3 aliphatic heterocycles. The van der Waals surface area contributed by atoms with E-state index in [2.05, 4.69) is 196 Å². The monoisotopic (exact) mass is 676 g/mol. The van der Waals surface area contributed by atoms with Crippen LogP contribution in [0.1, 0.15) is 61.4 Å². The number of nitrogens with zero attached hydrogens (tertiary/aromatic N) is 2. The largest absolute Gasteiger partial charge is 0.310 e. The van der Waals surface area contributed by atoms with Gasteiger partial charge in [0.05, 0.1) is 28.4 Å². The zero-order valence-corrected chi connectivity index (χ0v) is 31.4. The van der Waals surface area contributed by atoms with Crippen LogP contribution >= 0.6 is 0 Å². The van der Waals surface area contributed by atoms with Gasteiger partial charge >= 0.3 is 0 Å². The minimum Gasteiger partial charge on any atom is -0.310 e. The number of rotatable bonds is 2. The summed E-state index contributed by atoms with van der Waals surface area (Å²) in [6, 6.07) is 48.0. The molecule has 0 spiro atoms. The summed E-state index contributed by atoms with van der Waals surface area (Å²) in [5.74, 6) is 0.348. The summed E-state index contributed by atoms with van der Waals surface area (Å²) in [5.41, 5.74) is 15.1. The average molecular weight is 677 g/mol. The maximum atomic E-state index is 2.60. The molecule has 0 N–H and O–H groups in total. The van der Waals surface area contributed by atoms with Gasteiger partial charge in [0.1, 0.15) is 0 Å². The topological polar surface area (TPSA) is 6.48 Å². The maximum Gasteiger partial charge on any atom is 0.0539 e. The van der Waals surface area contributed by atoms with Gasteiger partial charge in [0, 0.05) is 21.9 Å². The van der Waals surface area contributed by atoms with E-state index in [9.17, 15) is 0 Å². The number of benzene rings is 6. The second-order valence-corrected chi connectivity index (χ2v) is 21.2. The van der Waals surface area contributed by atoms with Gasteiger partial charge in [-0.2, -0.15) is 18.3 Å². The van der Waals surface area contributed by atoms with Crippen molar-refractivity contribution in [2.45, 2.75) is 63.1 Å². The molecular weight excluding hydrogens is 633 g/mol. The van der Waals surface area contributed by atoms with Crippen LogP contribution in [0.15, 0.2) is 151 Å². The van der Waals surface area contributed by atoms with Crippen LogP contribution < -0.4 is 15.0 Å².